The molecule has 0 bridgehead atoms. The van der Waals surface area contributed by atoms with Crippen molar-refractivity contribution in [1.82, 2.24) is 18.9 Å². The van der Waals surface area contributed by atoms with E-state index in [1.165, 1.54) is 11.4 Å². The van der Waals surface area contributed by atoms with Gasteiger partial charge in [0, 0.05) is 63.1 Å². The van der Waals surface area contributed by atoms with Gasteiger partial charge >= 0.3 is 0 Å². The first-order valence-corrected chi connectivity index (χ1v) is 10.2. The molecule has 3 heterocycles. The summed E-state index contributed by atoms with van der Waals surface area (Å²) in [5.41, 5.74) is 2.65. The number of carbonyl (C=O) groups is 1. The van der Waals surface area contributed by atoms with E-state index in [0.717, 1.165) is 45.7 Å². The molecule has 0 saturated carbocycles. The van der Waals surface area contributed by atoms with E-state index in [4.69, 9.17) is 0 Å². The normalized spacial score (nSPS) is 16.9. The lowest BCUT2D eigenvalue weighted by Gasteiger charge is -2.37. The van der Waals surface area contributed by atoms with Crippen molar-refractivity contribution in [2.24, 2.45) is 5.92 Å². The van der Waals surface area contributed by atoms with Gasteiger partial charge in [-0.3, -0.25) is 9.69 Å². The van der Waals surface area contributed by atoms with Crippen molar-refractivity contribution < 1.29 is 4.79 Å². The van der Waals surface area contributed by atoms with Gasteiger partial charge in [-0.1, -0.05) is 13.8 Å². The number of aryl methyl sites for hydroxylation is 2. The van der Waals surface area contributed by atoms with Crippen molar-refractivity contribution >= 4 is 5.91 Å². The Hall–Kier alpha value is -2.01. The van der Waals surface area contributed by atoms with E-state index in [0.29, 0.717) is 5.92 Å². The Morgan fingerprint density at radius 2 is 1.56 bits per heavy atom. The van der Waals surface area contributed by atoms with Crippen LogP contribution in [0.15, 0.2) is 36.7 Å². The third kappa shape index (κ3) is 4.83. The second-order valence-corrected chi connectivity index (χ2v) is 8.21. The minimum absolute atomic E-state index is 0.0725. The van der Waals surface area contributed by atoms with E-state index in [2.05, 4.69) is 58.8 Å². The molecule has 0 unspecified atom stereocenters. The number of piperazine rings is 1. The minimum Gasteiger partial charge on any atom is -0.348 e. The zero-order chi connectivity index (χ0) is 19.4. The summed E-state index contributed by atoms with van der Waals surface area (Å²) in [6.45, 7) is 14.4. The standard InChI is InChI=1S/C22H34N4O/c1-18(2)17-21(24-9-5-6-10-24)22(27)25-14-11-23(12-15-25)13-16-26-19(3)7-8-20(26)4/h5-10,18,21H,11-17H2,1-4H3/t21-/m1/s1. The van der Waals surface area contributed by atoms with Crippen LogP contribution in [0.3, 0.4) is 0 Å². The molecule has 1 amide bonds. The molecule has 0 aliphatic carbocycles. The number of amides is 1. The topological polar surface area (TPSA) is 33.4 Å². The molecule has 0 N–H and O–H groups in total. The summed E-state index contributed by atoms with van der Waals surface area (Å²) >= 11 is 0. The van der Waals surface area contributed by atoms with E-state index in [-0.39, 0.29) is 11.9 Å². The van der Waals surface area contributed by atoms with Gasteiger partial charge in [0.2, 0.25) is 5.91 Å². The van der Waals surface area contributed by atoms with Gasteiger partial charge in [-0.15, -0.1) is 0 Å². The van der Waals surface area contributed by atoms with Crippen LogP contribution in [0.2, 0.25) is 0 Å². The van der Waals surface area contributed by atoms with Gasteiger partial charge in [0.05, 0.1) is 0 Å². The van der Waals surface area contributed by atoms with Crippen LogP contribution in [0, 0.1) is 19.8 Å². The molecule has 2 aromatic rings. The zero-order valence-electron chi connectivity index (χ0n) is 17.3. The fourth-order valence-electron chi connectivity index (χ4n) is 4.05. The van der Waals surface area contributed by atoms with Crippen LogP contribution >= 0.6 is 0 Å². The van der Waals surface area contributed by atoms with E-state index in [1.54, 1.807) is 0 Å². The lowest BCUT2D eigenvalue weighted by molar-refractivity contribution is -0.137. The number of nitrogens with zero attached hydrogens (tertiary/aromatic N) is 4. The number of hydrogen-bond acceptors (Lipinski definition) is 2. The average molecular weight is 371 g/mol. The molecular weight excluding hydrogens is 336 g/mol. The Morgan fingerprint density at radius 1 is 0.963 bits per heavy atom. The maximum absolute atomic E-state index is 13.2. The third-order valence-electron chi connectivity index (χ3n) is 5.71. The van der Waals surface area contributed by atoms with Gasteiger partial charge < -0.3 is 14.0 Å². The van der Waals surface area contributed by atoms with Gasteiger partial charge in [0.15, 0.2) is 0 Å². The highest BCUT2D eigenvalue weighted by molar-refractivity contribution is 5.80. The Morgan fingerprint density at radius 3 is 2.11 bits per heavy atom. The molecule has 1 saturated heterocycles. The van der Waals surface area contributed by atoms with Gasteiger partial charge in [-0.05, 0) is 50.5 Å². The predicted octanol–water partition coefficient (Wildman–Crippen LogP) is 3.34. The van der Waals surface area contributed by atoms with E-state index in [9.17, 15) is 4.79 Å². The number of carbonyl (C=O) groups excluding carboxylic acids is 1. The Balaban J connectivity index is 1.53. The lowest BCUT2D eigenvalue weighted by Crippen LogP contribution is -2.51. The van der Waals surface area contributed by atoms with Crippen molar-refractivity contribution in [3.05, 3.63) is 48.0 Å². The second kappa shape index (κ2) is 8.79. The van der Waals surface area contributed by atoms with Crippen molar-refractivity contribution in [3.8, 4) is 0 Å². The number of hydrogen-bond donors (Lipinski definition) is 0. The molecule has 5 heteroatoms. The first kappa shape index (κ1) is 19.7. The Kier molecular flexibility index (Phi) is 6.42. The highest BCUT2D eigenvalue weighted by Gasteiger charge is 2.28. The quantitative estimate of drug-likeness (QED) is 0.749. The van der Waals surface area contributed by atoms with Crippen LogP contribution in [-0.2, 0) is 11.3 Å². The lowest BCUT2D eigenvalue weighted by atomic mass is 10.0. The van der Waals surface area contributed by atoms with Crippen LogP contribution in [0.1, 0.15) is 37.7 Å². The third-order valence-corrected chi connectivity index (χ3v) is 5.71. The van der Waals surface area contributed by atoms with Crippen LogP contribution < -0.4 is 0 Å². The molecule has 27 heavy (non-hydrogen) atoms. The van der Waals surface area contributed by atoms with Gasteiger partial charge in [0.25, 0.3) is 0 Å². The summed E-state index contributed by atoms with van der Waals surface area (Å²) in [7, 11) is 0. The largest absolute Gasteiger partial charge is 0.348 e. The molecular formula is C22H34N4O. The maximum Gasteiger partial charge on any atom is 0.245 e. The highest BCUT2D eigenvalue weighted by Crippen LogP contribution is 2.21. The van der Waals surface area contributed by atoms with Crippen LogP contribution in [-0.4, -0.2) is 57.6 Å². The van der Waals surface area contributed by atoms with Crippen molar-refractivity contribution in [2.75, 3.05) is 32.7 Å². The summed E-state index contributed by atoms with van der Waals surface area (Å²) in [6, 6.07) is 8.30. The zero-order valence-corrected chi connectivity index (χ0v) is 17.3. The van der Waals surface area contributed by atoms with E-state index < -0.39 is 0 Å². The molecule has 1 aliphatic heterocycles. The first-order valence-electron chi connectivity index (χ1n) is 10.2. The summed E-state index contributed by atoms with van der Waals surface area (Å²) in [5, 5.41) is 0. The highest BCUT2D eigenvalue weighted by atomic mass is 16.2. The monoisotopic (exact) mass is 370 g/mol. The van der Waals surface area contributed by atoms with Gasteiger partial charge in [-0.2, -0.15) is 0 Å². The number of rotatable bonds is 7. The SMILES string of the molecule is Cc1ccc(C)n1CCN1CCN(C(=O)[C@@H](CC(C)C)n2cccc2)CC1. The van der Waals surface area contributed by atoms with Gasteiger partial charge in [-0.25, -0.2) is 0 Å². The minimum atomic E-state index is -0.0725. The molecule has 1 aliphatic rings. The van der Waals surface area contributed by atoms with Crippen LogP contribution in [0.5, 0.6) is 0 Å². The fourth-order valence-corrected chi connectivity index (χ4v) is 4.05. The molecule has 148 valence electrons. The first-order chi connectivity index (χ1) is 13.0. The van der Waals surface area contributed by atoms with Crippen molar-refractivity contribution in [1.29, 1.82) is 0 Å². The molecule has 0 radical (unpaired) electrons. The average Bonchev–Trinajstić information content (AvgIpc) is 3.28. The molecule has 0 spiro atoms. The predicted molar refractivity (Wildman–Crippen MR) is 110 cm³/mol. The molecule has 2 aromatic heterocycles. The summed E-state index contributed by atoms with van der Waals surface area (Å²) in [4.78, 5) is 17.7. The fraction of sp³-hybridized carbons (Fsp3) is 0.591. The smallest absolute Gasteiger partial charge is 0.245 e. The molecule has 0 aromatic carbocycles. The maximum atomic E-state index is 13.2. The number of aromatic nitrogens is 2. The molecule has 3 rings (SSSR count). The Bertz CT molecular complexity index is 704. The second-order valence-electron chi connectivity index (χ2n) is 8.21. The van der Waals surface area contributed by atoms with Crippen LogP contribution in [0.25, 0.3) is 0 Å². The van der Waals surface area contributed by atoms with Gasteiger partial charge in [0.1, 0.15) is 6.04 Å². The van der Waals surface area contributed by atoms with Crippen molar-refractivity contribution in [2.45, 2.75) is 46.7 Å². The van der Waals surface area contributed by atoms with Crippen LogP contribution in [0.4, 0.5) is 0 Å². The molecule has 1 fully saturated rings. The molecule has 5 nitrogen and oxygen atoms in total. The summed E-state index contributed by atoms with van der Waals surface area (Å²) < 4.78 is 4.45. The van der Waals surface area contributed by atoms with Crippen molar-refractivity contribution in [3.63, 3.8) is 0 Å². The van der Waals surface area contributed by atoms with E-state index >= 15 is 0 Å². The summed E-state index contributed by atoms with van der Waals surface area (Å²) in [5.74, 6) is 0.771. The Labute approximate surface area is 163 Å². The van der Waals surface area contributed by atoms with E-state index in [1.807, 2.05) is 24.5 Å². The molecule has 1 atom stereocenters. The summed E-state index contributed by atoms with van der Waals surface area (Å²) in [6.07, 6.45) is 4.92.